The average Bonchev–Trinajstić information content (AvgIpc) is 2.40. The molecule has 0 aromatic heterocycles. The molecule has 1 saturated carbocycles. The lowest BCUT2D eigenvalue weighted by molar-refractivity contribution is 0.0974. The van der Waals surface area contributed by atoms with Crippen LogP contribution in [0.5, 0.6) is 11.5 Å². The third-order valence-corrected chi connectivity index (χ3v) is 4.28. The Morgan fingerprint density at radius 3 is 2.35 bits per heavy atom. The second kappa shape index (κ2) is 6.04. The first kappa shape index (κ1) is 15.2. The molecule has 1 atom stereocenters. The van der Waals surface area contributed by atoms with Crippen LogP contribution in [0.4, 0.5) is 0 Å². The largest absolute Gasteiger partial charge is 0.496 e. The molecular weight excluding hydrogens is 250 g/mol. The Bertz CT molecular complexity index is 444. The maximum Gasteiger partial charge on any atom is 0.128 e. The van der Waals surface area contributed by atoms with E-state index < -0.39 is 0 Å². The monoisotopic (exact) mass is 277 g/mol. The van der Waals surface area contributed by atoms with E-state index >= 15 is 0 Å². The Labute approximate surface area is 122 Å². The number of benzene rings is 1. The maximum atomic E-state index is 6.22. The van der Waals surface area contributed by atoms with E-state index in [0.29, 0.717) is 11.5 Å². The van der Waals surface area contributed by atoms with Crippen molar-refractivity contribution in [3.05, 3.63) is 23.8 Å². The number of hydrogen-bond donors (Lipinski definition) is 1. The second-order valence-corrected chi connectivity index (χ2v) is 6.64. The van der Waals surface area contributed by atoms with Crippen molar-refractivity contribution < 1.29 is 9.47 Å². The van der Waals surface area contributed by atoms with Gasteiger partial charge in [-0.1, -0.05) is 19.9 Å². The normalized spacial score (nSPS) is 20.4. The molecule has 0 amide bonds. The first-order valence-electron chi connectivity index (χ1n) is 7.52. The molecule has 1 unspecified atom stereocenters. The van der Waals surface area contributed by atoms with Gasteiger partial charge < -0.3 is 15.2 Å². The summed E-state index contributed by atoms with van der Waals surface area (Å²) in [6, 6.07) is 5.81. The van der Waals surface area contributed by atoms with Crippen molar-refractivity contribution in [1.29, 1.82) is 0 Å². The minimum Gasteiger partial charge on any atom is -0.496 e. The van der Waals surface area contributed by atoms with Crippen LogP contribution in [0.1, 0.15) is 58.1 Å². The number of hydrogen-bond acceptors (Lipinski definition) is 3. The third-order valence-electron chi connectivity index (χ3n) is 4.28. The van der Waals surface area contributed by atoms with E-state index in [0.717, 1.165) is 29.9 Å². The molecule has 1 fully saturated rings. The Kier molecular flexibility index (Phi) is 4.59. The Morgan fingerprint density at radius 2 is 1.80 bits per heavy atom. The molecule has 2 N–H and O–H groups in total. The number of nitrogens with two attached hydrogens (primary N) is 1. The highest BCUT2D eigenvalue weighted by molar-refractivity contribution is 5.46. The van der Waals surface area contributed by atoms with Crippen LogP contribution in [0.3, 0.4) is 0 Å². The molecule has 0 aliphatic heterocycles. The van der Waals surface area contributed by atoms with Crippen LogP contribution in [0.25, 0.3) is 0 Å². The van der Waals surface area contributed by atoms with E-state index in [2.05, 4.69) is 13.8 Å². The van der Waals surface area contributed by atoms with Crippen molar-refractivity contribution in [3.63, 3.8) is 0 Å². The van der Waals surface area contributed by atoms with Crippen molar-refractivity contribution in [1.82, 2.24) is 0 Å². The fourth-order valence-corrected chi connectivity index (χ4v) is 2.92. The lowest BCUT2D eigenvalue weighted by Crippen LogP contribution is -2.28. The SMILES string of the molecule is COc1cccc(OC2CCC(C)(C)CC2)c1C(C)N. The first-order chi connectivity index (χ1) is 9.43. The van der Waals surface area contributed by atoms with Crippen molar-refractivity contribution >= 4 is 0 Å². The molecule has 1 aliphatic carbocycles. The van der Waals surface area contributed by atoms with Gasteiger partial charge >= 0.3 is 0 Å². The highest BCUT2D eigenvalue weighted by Crippen LogP contribution is 2.39. The fraction of sp³-hybridized carbons (Fsp3) is 0.647. The summed E-state index contributed by atoms with van der Waals surface area (Å²) in [6.07, 6.45) is 4.96. The van der Waals surface area contributed by atoms with Crippen LogP contribution < -0.4 is 15.2 Å². The van der Waals surface area contributed by atoms with Crippen molar-refractivity contribution in [2.75, 3.05) is 7.11 Å². The summed E-state index contributed by atoms with van der Waals surface area (Å²) in [6.45, 7) is 6.64. The van der Waals surface area contributed by atoms with E-state index in [1.54, 1.807) is 7.11 Å². The molecule has 3 nitrogen and oxygen atoms in total. The average molecular weight is 277 g/mol. The standard InChI is InChI=1S/C17H27NO2/c1-12(18)16-14(19-4)6-5-7-15(16)20-13-8-10-17(2,3)11-9-13/h5-7,12-13H,8-11,18H2,1-4H3. The van der Waals surface area contributed by atoms with Crippen LogP contribution in [-0.2, 0) is 0 Å². The van der Waals surface area contributed by atoms with Gasteiger partial charge in [0.05, 0.1) is 18.8 Å². The Morgan fingerprint density at radius 1 is 1.20 bits per heavy atom. The van der Waals surface area contributed by atoms with E-state index in [-0.39, 0.29) is 6.04 Å². The van der Waals surface area contributed by atoms with Crippen LogP contribution in [-0.4, -0.2) is 13.2 Å². The van der Waals surface area contributed by atoms with Gasteiger partial charge in [0.1, 0.15) is 11.5 Å². The quantitative estimate of drug-likeness (QED) is 0.902. The molecule has 0 radical (unpaired) electrons. The molecule has 0 bridgehead atoms. The molecule has 1 aromatic carbocycles. The third kappa shape index (κ3) is 3.45. The summed E-state index contributed by atoms with van der Waals surface area (Å²) in [4.78, 5) is 0. The van der Waals surface area contributed by atoms with Gasteiger partial charge in [0.15, 0.2) is 0 Å². The van der Waals surface area contributed by atoms with Gasteiger partial charge in [0.25, 0.3) is 0 Å². The molecule has 112 valence electrons. The first-order valence-corrected chi connectivity index (χ1v) is 7.52. The van der Waals surface area contributed by atoms with E-state index in [4.69, 9.17) is 15.2 Å². The van der Waals surface area contributed by atoms with E-state index in [9.17, 15) is 0 Å². The highest BCUT2D eigenvalue weighted by Gasteiger charge is 2.28. The molecule has 2 rings (SSSR count). The van der Waals surface area contributed by atoms with Crippen molar-refractivity contribution in [3.8, 4) is 11.5 Å². The van der Waals surface area contributed by atoms with E-state index in [1.807, 2.05) is 25.1 Å². The molecular formula is C17H27NO2. The van der Waals surface area contributed by atoms with Crippen LogP contribution >= 0.6 is 0 Å². The van der Waals surface area contributed by atoms with Gasteiger partial charge in [0, 0.05) is 6.04 Å². The Balaban J connectivity index is 2.14. The van der Waals surface area contributed by atoms with Gasteiger partial charge in [-0.3, -0.25) is 0 Å². The topological polar surface area (TPSA) is 44.5 Å². The summed E-state index contributed by atoms with van der Waals surface area (Å²) in [5.41, 5.74) is 7.51. The summed E-state index contributed by atoms with van der Waals surface area (Å²) < 4.78 is 11.6. The Hall–Kier alpha value is -1.22. The summed E-state index contributed by atoms with van der Waals surface area (Å²) in [7, 11) is 1.67. The summed E-state index contributed by atoms with van der Waals surface area (Å²) >= 11 is 0. The smallest absolute Gasteiger partial charge is 0.128 e. The molecule has 1 aromatic rings. The fourth-order valence-electron chi connectivity index (χ4n) is 2.92. The molecule has 0 spiro atoms. The zero-order chi connectivity index (χ0) is 14.8. The van der Waals surface area contributed by atoms with Crippen LogP contribution in [0.2, 0.25) is 0 Å². The molecule has 20 heavy (non-hydrogen) atoms. The predicted molar refractivity (Wildman–Crippen MR) is 82.3 cm³/mol. The zero-order valence-corrected chi connectivity index (χ0v) is 13.1. The minimum atomic E-state index is -0.0961. The van der Waals surface area contributed by atoms with Gasteiger partial charge in [-0.15, -0.1) is 0 Å². The lowest BCUT2D eigenvalue weighted by atomic mass is 9.76. The molecule has 0 saturated heterocycles. The van der Waals surface area contributed by atoms with Crippen LogP contribution in [0, 0.1) is 5.41 Å². The zero-order valence-electron chi connectivity index (χ0n) is 13.1. The number of rotatable bonds is 4. The van der Waals surface area contributed by atoms with Gasteiger partial charge in [0.2, 0.25) is 0 Å². The molecule has 1 aliphatic rings. The van der Waals surface area contributed by atoms with Gasteiger partial charge in [-0.2, -0.15) is 0 Å². The predicted octanol–water partition coefficient (Wildman–Crippen LogP) is 4.06. The molecule has 3 heteroatoms. The second-order valence-electron chi connectivity index (χ2n) is 6.64. The summed E-state index contributed by atoms with van der Waals surface area (Å²) in [5.74, 6) is 1.69. The lowest BCUT2D eigenvalue weighted by Gasteiger charge is -2.34. The van der Waals surface area contributed by atoms with Crippen molar-refractivity contribution in [2.45, 2.75) is 58.6 Å². The van der Waals surface area contributed by atoms with E-state index in [1.165, 1.54) is 12.8 Å². The maximum absolute atomic E-state index is 6.22. The minimum absolute atomic E-state index is 0.0961. The number of ether oxygens (including phenoxy) is 2. The van der Waals surface area contributed by atoms with Crippen molar-refractivity contribution in [2.24, 2.45) is 11.1 Å². The highest BCUT2D eigenvalue weighted by atomic mass is 16.5. The molecule has 0 heterocycles. The van der Waals surface area contributed by atoms with Gasteiger partial charge in [-0.25, -0.2) is 0 Å². The van der Waals surface area contributed by atoms with Crippen LogP contribution in [0.15, 0.2) is 18.2 Å². The van der Waals surface area contributed by atoms with Gasteiger partial charge in [-0.05, 0) is 50.2 Å². The number of methoxy groups -OCH3 is 1. The summed E-state index contributed by atoms with van der Waals surface area (Å²) in [5, 5.41) is 0.